The van der Waals surface area contributed by atoms with Gasteiger partial charge in [-0.25, -0.2) is 8.42 Å². The summed E-state index contributed by atoms with van der Waals surface area (Å²) in [5.74, 6) is -2.94. The normalized spacial score (nSPS) is 44.4. The molecule has 0 aromatic heterocycles. The topological polar surface area (TPSA) is 205 Å². The van der Waals surface area contributed by atoms with Gasteiger partial charge in [-0.1, -0.05) is 20.8 Å². The van der Waals surface area contributed by atoms with E-state index in [0.29, 0.717) is 32.1 Å². The van der Waals surface area contributed by atoms with Crippen LogP contribution in [0, 0.1) is 40.4 Å². The van der Waals surface area contributed by atoms with Crippen LogP contribution in [0.4, 0.5) is 0 Å². The zero-order chi connectivity index (χ0) is 29.1. The van der Waals surface area contributed by atoms with Crippen molar-refractivity contribution in [1.29, 1.82) is 0 Å². The molecular formula is C27H44NNaO10S. The number of amides is 1. The summed E-state index contributed by atoms with van der Waals surface area (Å²) in [5, 5.41) is 56.1. The molecule has 11 nitrogen and oxygen atoms in total. The average molecular weight is 598 g/mol. The number of Topliss-reactive ketones (excluding diaryl/α,β-unsaturated/α-hetero) is 1. The Morgan fingerprint density at radius 1 is 1.15 bits per heavy atom. The molecule has 4 saturated carbocycles. The molecule has 4 aliphatic carbocycles. The van der Waals surface area contributed by atoms with E-state index < -0.39 is 69.2 Å². The predicted octanol–water partition coefficient (Wildman–Crippen LogP) is -3.32. The van der Waals surface area contributed by atoms with Crippen molar-refractivity contribution in [2.75, 3.05) is 12.4 Å². The minimum absolute atomic E-state index is 0. The number of fused-ring (bicyclic) bond motifs is 5. The molecule has 0 bridgehead atoms. The summed E-state index contributed by atoms with van der Waals surface area (Å²) in [4.78, 5) is 25.9. The fourth-order valence-corrected chi connectivity index (χ4v) is 10.0. The van der Waals surface area contributed by atoms with E-state index in [4.69, 9.17) is 0 Å². The summed E-state index contributed by atoms with van der Waals surface area (Å²) in [6, 6.07) is -1.20. The first kappa shape index (κ1) is 34.3. The Morgan fingerprint density at radius 2 is 1.80 bits per heavy atom. The fourth-order valence-electron chi connectivity index (χ4n) is 9.36. The molecule has 6 N–H and O–H groups in total. The number of ketones is 1. The maximum Gasteiger partial charge on any atom is 1.00 e. The van der Waals surface area contributed by atoms with Crippen LogP contribution in [0.15, 0.2) is 0 Å². The Bertz CT molecular complexity index is 1080. The van der Waals surface area contributed by atoms with E-state index in [0.717, 1.165) is 0 Å². The van der Waals surface area contributed by atoms with Crippen LogP contribution in [0.25, 0.3) is 0 Å². The Hall–Kier alpha value is -0.150. The van der Waals surface area contributed by atoms with Crippen molar-refractivity contribution in [3.8, 4) is 0 Å². The van der Waals surface area contributed by atoms with Crippen molar-refractivity contribution < 1.29 is 77.6 Å². The number of carbonyl (C=O) groups excluding carboxylic acids is 2. The maximum atomic E-state index is 13.4. The summed E-state index contributed by atoms with van der Waals surface area (Å²) >= 11 is 0. The van der Waals surface area contributed by atoms with E-state index in [1.54, 1.807) is 0 Å². The smallest absolute Gasteiger partial charge is 0.748 e. The molecule has 4 aliphatic rings. The van der Waals surface area contributed by atoms with Gasteiger partial charge >= 0.3 is 29.6 Å². The Labute approximate surface area is 258 Å². The van der Waals surface area contributed by atoms with Crippen molar-refractivity contribution >= 4 is 21.8 Å². The Balaban J connectivity index is 0.00000441. The number of nitrogens with one attached hydrogen (secondary N) is 1. The van der Waals surface area contributed by atoms with E-state index in [1.165, 1.54) is 0 Å². The van der Waals surface area contributed by atoms with E-state index in [9.17, 15) is 48.1 Å². The molecule has 224 valence electrons. The first-order valence-corrected chi connectivity index (χ1v) is 15.7. The number of carbonyl (C=O) groups is 2. The molecule has 0 radical (unpaired) electrons. The molecule has 0 aromatic rings. The molecule has 4 rings (SSSR count). The van der Waals surface area contributed by atoms with Gasteiger partial charge in [0.15, 0.2) is 5.78 Å². The van der Waals surface area contributed by atoms with Gasteiger partial charge in [-0.3, -0.25) is 9.59 Å². The van der Waals surface area contributed by atoms with Crippen molar-refractivity contribution in [3.05, 3.63) is 0 Å². The summed E-state index contributed by atoms with van der Waals surface area (Å²) in [5.41, 5.74) is -2.83. The van der Waals surface area contributed by atoms with Gasteiger partial charge in [0.1, 0.15) is 5.60 Å². The van der Waals surface area contributed by atoms with Crippen molar-refractivity contribution in [3.63, 3.8) is 0 Å². The standard InChI is InChI=1S/C27H45NO10S.Na/c1-14(4-5-20(32)28-15(12-29)13-39(36,37)38)21-23(33)24(34)22-17-10-19(31)27(35)11-16(30)6-9-26(27,3)18(17)7-8-25(21,22)2;/h14-18,21-24,29-30,33-35H,4-13H2,1-3H3,(H,28,32)(H,36,37,38);/q;+1/p-1/t14-,15+,16+,17?,18?,21+,22?,23-,24-,25-,26-,27+;/m1./s1. The van der Waals surface area contributed by atoms with Crippen LogP contribution >= 0.6 is 0 Å². The van der Waals surface area contributed by atoms with Crippen LogP contribution in [0.5, 0.6) is 0 Å². The molecule has 12 atom stereocenters. The largest absolute Gasteiger partial charge is 1.00 e. The van der Waals surface area contributed by atoms with E-state index >= 15 is 0 Å². The van der Waals surface area contributed by atoms with Gasteiger partial charge < -0.3 is 35.4 Å². The second-order valence-corrected chi connectivity index (χ2v) is 14.8. The number of rotatable bonds is 8. The minimum atomic E-state index is -4.63. The number of hydrogen-bond donors (Lipinski definition) is 6. The van der Waals surface area contributed by atoms with Crippen molar-refractivity contribution in [2.24, 2.45) is 40.4 Å². The molecule has 0 heterocycles. The van der Waals surface area contributed by atoms with Gasteiger partial charge in [0, 0.05) is 24.7 Å². The number of aliphatic hydroxyl groups excluding tert-OH is 4. The van der Waals surface area contributed by atoms with Gasteiger partial charge in [-0.15, -0.1) is 0 Å². The van der Waals surface area contributed by atoms with E-state index in [2.05, 4.69) is 5.32 Å². The van der Waals surface area contributed by atoms with Crippen LogP contribution in [-0.4, -0.2) is 92.5 Å². The Morgan fingerprint density at radius 3 is 2.40 bits per heavy atom. The first-order chi connectivity index (χ1) is 18.0. The third-order valence-corrected chi connectivity index (χ3v) is 12.0. The quantitative estimate of drug-likeness (QED) is 0.121. The van der Waals surface area contributed by atoms with Crippen LogP contribution in [0.1, 0.15) is 72.1 Å². The minimum Gasteiger partial charge on any atom is -0.748 e. The SMILES string of the molecule is C[C@H](CCC(=O)N[C@@H](CO)CS(=O)(=O)[O-])[C@H]1[C@@H](O)[C@H](O)C2C3CC(=O)[C@@]4(O)C[C@@H](O)CC[C@]4(C)C3CC[C@@]21C.[Na+]. The Kier molecular flexibility index (Phi) is 10.4. The molecule has 0 aromatic carbocycles. The molecule has 40 heavy (non-hydrogen) atoms. The maximum absolute atomic E-state index is 13.4. The summed E-state index contributed by atoms with van der Waals surface area (Å²) in [6.45, 7) is 5.18. The zero-order valence-electron chi connectivity index (χ0n) is 24.0. The van der Waals surface area contributed by atoms with E-state index in [1.807, 2.05) is 20.8 Å². The van der Waals surface area contributed by atoms with Crippen molar-refractivity contribution in [2.45, 2.75) is 102 Å². The molecule has 0 aliphatic heterocycles. The van der Waals surface area contributed by atoms with E-state index in [-0.39, 0.29) is 84.2 Å². The summed E-state index contributed by atoms with van der Waals surface area (Å²) in [7, 11) is -4.63. The van der Waals surface area contributed by atoms with Gasteiger partial charge in [-0.2, -0.15) is 0 Å². The number of hydrogen-bond acceptors (Lipinski definition) is 10. The van der Waals surface area contributed by atoms with Crippen LogP contribution in [-0.2, 0) is 19.7 Å². The molecule has 4 fully saturated rings. The van der Waals surface area contributed by atoms with Crippen LogP contribution < -0.4 is 34.9 Å². The third kappa shape index (κ3) is 5.84. The third-order valence-electron chi connectivity index (χ3n) is 11.2. The number of aliphatic hydroxyl groups is 5. The fraction of sp³-hybridized carbons (Fsp3) is 0.926. The first-order valence-electron chi connectivity index (χ1n) is 14.1. The second kappa shape index (κ2) is 12.1. The second-order valence-electron chi connectivity index (χ2n) is 13.3. The predicted molar refractivity (Wildman–Crippen MR) is 138 cm³/mol. The molecule has 0 saturated heterocycles. The van der Waals surface area contributed by atoms with Crippen LogP contribution in [0.3, 0.4) is 0 Å². The average Bonchev–Trinajstić information content (AvgIpc) is 3.03. The zero-order valence-corrected chi connectivity index (χ0v) is 26.8. The van der Waals surface area contributed by atoms with Crippen molar-refractivity contribution in [1.82, 2.24) is 5.32 Å². The van der Waals surface area contributed by atoms with Gasteiger partial charge in [0.2, 0.25) is 5.91 Å². The molecule has 13 heteroatoms. The van der Waals surface area contributed by atoms with Gasteiger partial charge in [0.25, 0.3) is 0 Å². The summed E-state index contributed by atoms with van der Waals surface area (Å²) < 4.78 is 33.0. The van der Waals surface area contributed by atoms with Crippen LogP contribution in [0.2, 0.25) is 0 Å². The monoisotopic (exact) mass is 597 g/mol. The van der Waals surface area contributed by atoms with Gasteiger partial charge in [-0.05, 0) is 67.1 Å². The molecule has 3 unspecified atom stereocenters. The molecule has 1 amide bonds. The van der Waals surface area contributed by atoms with Gasteiger partial charge in [0.05, 0.1) is 46.8 Å². The molecule has 0 spiro atoms. The summed E-state index contributed by atoms with van der Waals surface area (Å²) in [6.07, 6.45) is -0.0425. The molecular weight excluding hydrogens is 553 g/mol.